The van der Waals surface area contributed by atoms with Crippen LogP contribution in [0.15, 0.2) is 36.5 Å². The topological polar surface area (TPSA) is 86.5 Å². The maximum Gasteiger partial charge on any atom is 0.287 e. The lowest BCUT2D eigenvalue weighted by Gasteiger charge is -2.11. The van der Waals surface area contributed by atoms with Crippen molar-refractivity contribution in [1.82, 2.24) is 4.98 Å². The Balaban J connectivity index is 2.23. The first-order valence-electron chi connectivity index (χ1n) is 5.73. The fourth-order valence-electron chi connectivity index (χ4n) is 1.61. The van der Waals surface area contributed by atoms with Gasteiger partial charge in [0.2, 0.25) is 0 Å². The number of pyridine rings is 1. The van der Waals surface area contributed by atoms with Crippen LogP contribution in [0.2, 0.25) is 0 Å². The second-order valence-corrected chi connectivity index (χ2v) is 3.85. The molecule has 2 rings (SSSR count). The maximum absolute atomic E-state index is 10.6. The summed E-state index contributed by atoms with van der Waals surface area (Å²) in [4.78, 5) is 14.0. The molecule has 0 saturated heterocycles. The molecule has 0 unspecified atom stereocenters. The Bertz CT molecular complexity index is 614. The fourth-order valence-corrected chi connectivity index (χ4v) is 1.61. The van der Waals surface area contributed by atoms with E-state index in [0.29, 0.717) is 23.0 Å². The van der Waals surface area contributed by atoms with Crippen molar-refractivity contribution in [3.63, 3.8) is 0 Å². The van der Waals surface area contributed by atoms with Gasteiger partial charge in [0, 0.05) is 12.1 Å². The van der Waals surface area contributed by atoms with Crippen LogP contribution in [0.3, 0.4) is 0 Å². The molecule has 0 bridgehead atoms. The van der Waals surface area contributed by atoms with Gasteiger partial charge in [-0.25, -0.2) is 4.98 Å². The van der Waals surface area contributed by atoms with E-state index >= 15 is 0 Å². The molecule has 1 N–H and O–H groups in total. The molecule has 0 radical (unpaired) electrons. The van der Waals surface area contributed by atoms with Gasteiger partial charge in [-0.3, -0.25) is 10.1 Å². The smallest absolute Gasteiger partial charge is 0.287 e. The average Bonchev–Trinajstić information content (AvgIpc) is 2.48. The van der Waals surface area contributed by atoms with Gasteiger partial charge in [0.15, 0.2) is 0 Å². The van der Waals surface area contributed by atoms with E-state index in [-0.39, 0.29) is 5.69 Å². The van der Waals surface area contributed by atoms with Gasteiger partial charge >= 0.3 is 0 Å². The Morgan fingerprint density at radius 3 is 2.55 bits per heavy atom. The number of methoxy groups -OCH3 is 2. The lowest BCUT2D eigenvalue weighted by Crippen LogP contribution is -1.98. The minimum absolute atomic E-state index is 0.0581. The summed E-state index contributed by atoms with van der Waals surface area (Å²) in [7, 11) is 3.11. The van der Waals surface area contributed by atoms with Gasteiger partial charge in [-0.15, -0.1) is 0 Å². The number of hydrogen-bond acceptors (Lipinski definition) is 6. The molecule has 20 heavy (non-hydrogen) atoms. The van der Waals surface area contributed by atoms with Gasteiger partial charge in [-0.1, -0.05) is 0 Å². The molecule has 1 aromatic carbocycles. The minimum atomic E-state index is -0.495. The summed E-state index contributed by atoms with van der Waals surface area (Å²) in [5.41, 5.74) is 0.631. The summed E-state index contributed by atoms with van der Waals surface area (Å²) < 4.78 is 10.3. The highest BCUT2D eigenvalue weighted by molar-refractivity contribution is 5.66. The van der Waals surface area contributed by atoms with Crippen LogP contribution < -0.4 is 14.8 Å². The highest BCUT2D eigenvalue weighted by Gasteiger charge is 2.08. The van der Waals surface area contributed by atoms with E-state index in [1.165, 1.54) is 18.3 Å². The van der Waals surface area contributed by atoms with Crippen LogP contribution in [0.4, 0.5) is 17.2 Å². The predicted octanol–water partition coefficient (Wildman–Crippen LogP) is 2.75. The molecule has 0 amide bonds. The molecule has 1 aromatic heterocycles. The zero-order valence-electron chi connectivity index (χ0n) is 11.0. The molecule has 0 fully saturated rings. The lowest BCUT2D eigenvalue weighted by molar-refractivity contribution is -0.385. The molecule has 1 heterocycles. The van der Waals surface area contributed by atoms with E-state index in [0.717, 1.165) is 0 Å². The Hall–Kier alpha value is -2.83. The molecule has 7 nitrogen and oxygen atoms in total. The molecular formula is C13H13N3O4. The molecular weight excluding hydrogens is 262 g/mol. The van der Waals surface area contributed by atoms with E-state index in [2.05, 4.69) is 10.3 Å². The Morgan fingerprint density at radius 1 is 1.20 bits per heavy atom. The van der Waals surface area contributed by atoms with Crippen LogP contribution in [0.5, 0.6) is 11.5 Å². The first kappa shape index (κ1) is 13.6. The summed E-state index contributed by atoms with van der Waals surface area (Å²) in [6.45, 7) is 0. The summed E-state index contributed by atoms with van der Waals surface area (Å²) in [6, 6.07) is 8.19. The monoisotopic (exact) mass is 275 g/mol. The fraction of sp³-hybridized carbons (Fsp3) is 0.154. The van der Waals surface area contributed by atoms with Crippen molar-refractivity contribution in [3.05, 3.63) is 46.6 Å². The van der Waals surface area contributed by atoms with Crippen LogP contribution in [-0.4, -0.2) is 24.1 Å². The Kier molecular flexibility index (Phi) is 3.99. The van der Waals surface area contributed by atoms with Crippen molar-refractivity contribution >= 4 is 17.2 Å². The third-order valence-corrected chi connectivity index (χ3v) is 2.63. The predicted molar refractivity (Wildman–Crippen MR) is 73.7 cm³/mol. The van der Waals surface area contributed by atoms with Crippen LogP contribution in [0, 0.1) is 10.1 Å². The number of ether oxygens (including phenoxy) is 2. The molecule has 0 saturated carbocycles. The minimum Gasteiger partial charge on any atom is -0.497 e. The van der Waals surface area contributed by atoms with E-state index < -0.39 is 4.92 Å². The first-order chi connectivity index (χ1) is 9.63. The van der Waals surface area contributed by atoms with E-state index in [1.54, 1.807) is 32.4 Å². The van der Waals surface area contributed by atoms with Crippen molar-refractivity contribution in [2.45, 2.75) is 0 Å². The van der Waals surface area contributed by atoms with Gasteiger partial charge in [-0.2, -0.15) is 0 Å². The summed E-state index contributed by atoms with van der Waals surface area (Å²) in [5, 5.41) is 13.6. The highest BCUT2D eigenvalue weighted by atomic mass is 16.6. The van der Waals surface area contributed by atoms with Gasteiger partial charge < -0.3 is 14.8 Å². The first-order valence-corrected chi connectivity index (χ1v) is 5.73. The van der Waals surface area contributed by atoms with Gasteiger partial charge in [0.05, 0.1) is 24.8 Å². The summed E-state index contributed by atoms with van der Waals surface area (Å²) >= 11 is 0. The molecule has 0 aliphatic carbocycles. The second kappa shape index (κ2) is 5.87. The Morgan fingerprint density at radius 2 is 2.00 bits per heavy atom. The van der Waals surface area contributed by atoms with Crippen molar-refractivity contribution in [3.8, 4) is 11.5 Å². The second-order valence-electron chi connectivity index (χ2n) is 3.85. The number of hydrogen-bond donors (Lipinski definition) is 1. The SMILES string of the molecule is COc1ccc(Nc2ccc([N+](=O)[O-])cn2)c(OC)c1. The van der Waals surface area contributed by atoms with Crippen molar-refractivity contribution < 1.29 is 14.4 Å². The molecule has 7 heteroatoms. The Labute approximate surface area is 115 Å². The van der Waals surface area contributed by atoms with Gasteiger partial charge in [0.25, 0.3) is 5.69 Å². The number of anilines is 2. The van der Waals surface area contributed by atoms with Crippen molar-refractivity contribution in [2.75, 3.05) is 19.5 Å². The standard InChI is InChI=1S/C13H13N3O4/c1-19-10-4-5-11(12(7-10)20-2)15-13-6-3-9(8-14-13)16(17)18/h3-8H,1-2H3,(H,14,15). The number of rotatable bonds is 5. The number of nitro groups is 1. The maximum atomic E-state index is 10.6. The van der Waals surface area contributed by atoms with E-state index in [4.69, 9.17) is 9.47 Å². The van der Waals surface area contributed by atoms with Crippen LogP contribution in [0.1, 0.15) is 0 Å². The molecule has 0 aliphatic rings. The molecule has 0 aliphatic heterocycles. The number of nitrogens with zero attached hydrogens (tertiary/aromatic N) is 2. The zero-order chi connectivity index (χ0) is 14.5. The number of benzene rings is 1. The lowest BCUT2D eigenvalue weighted by atomic mass is 10.2. The normalized spacial score (nSPS) is 9.90. The third kappa shape index (κ3) is 2.94. The third-order valence-electron chi connectivity index (χ3n) is 2.63. The van der Waals surface area contributed by atoms with Crippen LogP contribution in [-0.2, 0) is 0 Å². The molecule has 0 atom stereocenters. The number of nitrogens with one attached hydrogen (secondary N) is 1. The van der Waals surface area contributed by atoms with Crippen LogP contribution in [0.25, 0.3) is 0 Å². The van der Waals surface area contributed by atoms with Crippen molar-refractivity contribution in [1.29, 1.82) is 0 Å². The molecule has 0 spiro atoms. The molecule has 104 valence electrons. The van der Waals surface area contributed by atoms with Crippen LogP contribution >= 0.6 is 0 Å². The quantitative estimate of drug-likeness (QED) is 0.667. The number of aromatic nitrogens is 1. The van der Waals surface area contributed by atoms with Gasteiger partial charge in [0.1, 0.15) is 23.5 Å². The molecule has 2 aromatic rings. The zero-order valence-corrected chi connectivity index (χ0v) is 11.0. The largest absolute Gasteiger partial charge is 0.497 e. The average molecular weight is 275 g/mol. The van der Waals surface area contributed by atoms with Gasteiger partial charge in [-0.05, 0) is 18.2 Å². The summed E-state index contributed by atoms with van der Waals surface area (Å²) in [5.74, 6) is 1.74. The van der Waals surface area contributed by atoms with E-state index in [1.807, 2.05) is 0 Å². The highest BCUT2D eigenvalue weighted by Crippen LogP contribution is 2.31. The van der Waals surface area contributed by atoms with Crippen molar-refractivity contribution in [2.24, 2.45) is 0 Å². The van der Waals surface area contributed by atoms with E-state index in [9.17, 15) is 10.1 Å². The summed E-state index contributed by atoms with van der Waals surface area (Å²) in [6.07, 6.45) is 1.19.